The number of nitrogens with one attached hydrogen (secondary N) is 1. The number of unbranched alkanes of at least 4 members (excludes halogenated alkanes) is 35. The lowest BCUT2D eigenvalue weighted by atomic mass is 10.0. The Labute approximate surface area is 422 Å². The Balaban J connectivity index is 5.32. The second-order valence-electron chi connectivity index (χ2n) is 21.2. The highest BCUT2D eigenvalue weighted by Crippen LogP contribution is 2.43. The van der Waals surface area contributed by atoms with Gasteiger partial charge in [0.25, 0.3) is 0 Å². The number of amides is 1. The van der Waals surface area contributed by atoms with Gasteiger partial charge in [0.1, 0.15) is 19.3 Å². The molecule has 0 aromatic carbocycles. The molecule has 1 amide bonds. The van der Waals surface area contributed by atoms with Crippen LogP contribution in [0.2, 0.25) is 0 Å². The standard InChI is InChI=1S/C58H113N2O7P/c1-7-10-13-16-19-22-25-28-30-32-35-38-41-44-47-50-57(61)59-55(54-66-68(63,64)65-53-52-60(4,5)6)56(49-46-43-40-37-34-27-24-21-18-15-12-9-3)67-58(62)51-48-45-42-39-36-33-31-29-26-23-20-17-14-11-8-2/h22,25,46,49,55-56H,7-21,23-24,26-45,47-48,50-54H2,1-6H3,(H-,59,61,63,64)/p+1/b25-22-,49-46+. The molecule has 10 heteroatoms. The number of allylic oxidation sites excluding steroid dienone is 3. The van der Waals surface area contributed by atoms with Gasteiger partial charge in [-0.2, -0.15) is 0 Å². The lowest BCUT2D eigenvalue weighted by molar-refractivity contribution is -0.870. The highest BCUT2D eigenvalue weighted by atomic mass is 31.2. The molecule has 0 aromatic heterocycles. The minimum atomic E-state index is -4.44. The highest BCUT2D eigenvalue weighted by molar-refractivity contribution is 7.47. The number of rotatable bonds is 53. The Bertz CT molecular complexity index is 1220. The molecule has 0 bridgehead atoms. The van der Waals surface area contributed by atoms with Crippen LogP contribution in [-0.4, -0.2) is 74.3 Å². The molecule has 0 spiro atoms. The minimum Gasteiger partial charge on any atom is -0.456 e. The normalized spacial score (nSPS) is 13.9. The van der Waals surface area contributed by atoms with E-state index in [2.05, 4.69) is 38.2 Å². The number of carbonyl (C=O) groups is 2. The van der Waals surface area contributed by atoms with Crippen molar-refractivity contribution in [2.45, 2.75) is 296 Å². The molecule has 3 atom stereocenters. The Morgan fingerprint density at radius 2 is 0.853 bits per heavy atom. The zero-order valence-electron chi connectivity index (χ0n) is 45.9. The smallest absolute Gasteiger partial charge is 0.456 e. The van der Waals surface area contributed by atoms with Gasteiger partial charge in [-0.1, -0.05) is 238 Å². The molecule has 3 unspecified atom stereocenters. The lowest BCUT2D eigenvalue weighted by Crippen LogP contribution is -2.47. The quantitative estimate of drug-likeness (QED) is 0.0205. The molecular formula is C58H114N2O7P+. The molecule has 0 heterocycles. The van der Waals surface area contributed by atoms with Crippen LogP contribution in [0.4, 0.5) is 0 Å². The maximum Gasteiger partial charge on any atom is 0.472 e. The maximum atomic E-state index is 13.5. The van der Waals surface area contributed by atoms with Gasteiger partial charge in [-0.05, 0) is 57.4 Å². The Hall–Kier alpha value is -1.51. The van der Waals surface area contributed by atoms with Crippen LogP contribution in [0.25, 0.3) is 0 Å². The van der Waals surface area contributed by atoms with Crippen LogP contribution in [0.15, 0.2) is 24.3 Å². The number of carbonyl (C=O) groups excluding carboxylic acids is 2. The van der Waals surface area contributed by atoms with Crippen LogP contribution in [0.5, 0.6) is 0 Å². The largest absolute Gasteiger partial charge is 0.472 e. The molecule has 0 aromatic rings. The minimum absolute atomic E-state index is 0.0426. The first kappa shape index (κ1) is 66.5. The van der Waals surface area contributed by atoms with E-state index in [4.69, 9.17) is 13.8 Å². The number of likely N-dealkylation sites (N-methyl/N-ethyl adjacent to an activating group) is 1. The Morgan fingerprint density at radius 3 is 1.26 bits per heavy atom. The van der Waals surface area contributed by atoms with E-state index in [-0.39, 0.29) is 25.1 Å². The highest BCUT2D eigenvalue weighted by Gasteiger charge is 2.30. The van der Waals surface area contributed by atoms with Gasteiger partial charge in [0.05, 0.1) is 33.8 Å². The topological polar surface area (TPSA) is 111 Å². The first-order valence-electron chi connectivity index (χ1n) is 29.2. The molecule has 0 rings (SSSR count). The number of hydrogen-bond donors (Lipinski definition) is 2. The van der Waals surface area contributed by atoms with Gasteiger partial charge in [0, 0.05) is 12.8 Å². The predicted molar refractivity (Wildman–Crippen MR) is 291 cm³/mol. The fourth-order valence-electron chi connectivity index (χ4n) is 8.58. The van der Waals surface area contributed by atoms with E-state index in [9.17, 15) is 19.0 Å². The van der Waals surface area contributed by atoms with Crippen LogP contribution in [0.3, 0.4) is 0 Å². The SMILES string of the molecule is CCCCCC/C=C\CCCCCCCCCC(=O)NC(COP(=O)(O)OCC[N+](C)(C)C)C(/C=C/CCCCCCCCCCCC)OC(=O)CCCCCCCCCCCCCCCCC. The van der Waals surface area contributed by atoms with Crippen molar-refractivity contribution >= 4 is 19.7 Å². The Kier molecular flexibility index (Phi) is 48.0. The molecule has 2 N–H and O–H groups in total. The molecule has 0 aliphatic heterocycles. The van der Waals surface area contributed by atoms with Gasteiger partial charge < -0.3 is 19.4 Å². The van der Waals surface area contributed by atoms with Crippen molar-refractivity contribution in [3.63, 3.8) is 0 Å². The van der Waals surface area contributed by atoms with Crippen molar-refractivity contribution < 1.29 is 37.3 Å². The number of esters is 1. The summed E-state index contributed by atoms with van der Waals surface area (Å²) < 4.78 is 30.6. The summed E-state index contributed by atoms with van der Waals surface area (Å²) in [4.78, 5) is 37.6. The number of ether oxygens (including phenoxy) is 1. The monoisotopic (exact) mass is 982 g/mol. The van der Waals surface area contributed by atoms with Crippen LogP contribution >= 0.6 is 7.82 Å². The zero-order valence-corrected chi connectivity index (χ0v) is 46.8. The van der Waals surface area contributed by atoms with Crippen LogP contribution in [0.1, 0.15) is 284 Å². The fraction of sp³-hybridized carbons (Fsp3) is 0.897. The van der Waals surface area contributed by atoms with Gasteiger partial charge in [0.2, 0.25) is 5.91 Å². The van der Waals surface area contributed by atoms with E-state index in [1.165, 1.54) is 186 Å². The number of phosphoric acid groups is 1. The molecule has 9 nitrogen and oxygen atoms in total. The molecular weight excluding hydrogens is 868 g/mol. The van der Waals surface area contributed by atoms with Crippen molar-refractivity contribution in [2.75, 3.05) is 40.9 Å². The third kappa shape index (κ3) is 49.5. The van der Waals surface area contributed by atoms with Crippen LogP contribution < -0.4 is 5.32 Å². The fourth-order valence-corrected chi connectivity index (χ4v) is 9.32. The summed E-state index contributed by atoms with van der Waals surface area (Å²) in [7, 11) is 1.51. The molecule has 0 aliphatic carbocycles. The van der Waals surface area contributed by atoms with Gasteiger partial charge >= 0.3 is 13.8 Å². The first-order valence-corrected chi connectivity index (χ1v) is 30.7. The molecule has 68 heavy (non-hydrogen) atoms. The van der Waals surface area contributed by atoms with Crippen LogP contribution in [0, 0.1) is 0 Å². The molecule has 0 fully saturated rings. The van der Waals surface area contributed by atoms with Crippen molar-refractivity contribution in [2.24, 2.45) is 0 Å². The summed E-state index contributed by atoms with van der Waals surface area (Å²) in [5, 5.41) is 3.05. The number of quaternary nitrogens is 1. The van der Waals surface area contributed by atoms with Crippen molar-refractivity contribution in [3.8, 4) is 0 Å². The maximum absolute atomic E-state index is 13.5. The lowest BCUT2D eigenvalue weighted by Gasteiger charge is -2.27. The second-order valence-corrected chi connectivity index (χ2v) is 22.6. The first-order chi connectivity index (χ1) is 32.9. The number of phosphoric ester groups is 1. The molecule has 0 saturated carbocycles. The van der Waals surface area contributed by atoms with Crippen molar-refractivity contribution in [1.29, 1.82) is 0 Å². The van der Waals surface area contributed by atoms with Gasteiger partial charge in [0.15, 0.2) is 0 Å². The average molecular weight is 983 g/mol. The summed E-state index contributed by atoms with van der Waals surface area (Å²) in [5.74, 6) is -0.498. The molecule has 402 valence electrons. The molecule has 0 aliphatic rings. The van der Waals surface area contributed by atoms with Crippen molar-refractivity contribution in [1.82, 2.24) is 5.32 Å². The van der Waals surface area contributed by atoms with E-state index in [0.717, 1.165) is 64.2 Å². The van der Waals surface area contributed by atoms with Gasteiger partial charge in [-0.3, -0.25) is 18.6 Å². The van der Waals surface area contributed by atoms with E-state index < -0.39 is 20.0 Å². The van der Waals surface area contributed by atoms with E-state index in [1.807, 2.05) is 33.3 Å². The Morgan fingerprint density at radius 1 is 0.500 bits per heavy atom. The number of hydrogen-bond acceptors (Lipinski definition) is 6. The van der Waals surface area contributed by atoms with Crippen LogP contribution in [-0.2, 0) is 27.9 Å². The van der Waals surface area contributed by atoms with Gasteiger partial charge in [-0.25, -0.2) is 4.57 Å². The summed E-state index contributed by atoms with van der Waals surface area (Å²) in [6.07, 6.45) is 55.9. The van der Waals surface area contributed by atoms with Crippen molar-refractivity contribution in [3.05, 3.63) is 24.3 Å². The summed E-state index contributed by atoms with van der Waals surface area (Å²) in [6, 6.07) is -0.843. The van der Waals surface area contributed by atoms with E-state index in [0.29, 0.717) is 23.9 Å². The third-order valence-corrected chi connectivity index (χ3v) is 14.1. The summed E-state index contributed by atoms with van der Waals surface area (Å²) in [5.41, 5.74) is 0. The predicted octanol–water partition coefficient (Wildman–Crippen LogP) is 17.4. The zero-order chi connectivity index (χ0) is 50.1. The number of nitrogens with zero attached hydrogens (tertiary/aromatic N) is 1. The average Bonchev–Trinajstić information content (AvgIpc) is 3.29. The van der Waals surface area contributed by atoms with E-state index in [1.54, 1.807) is 0 Å². The summed E-state index contributed by atoms with van der Waals surface area (Å²) in [6.45, 7) is 7.02. The van der Waals surface area contributed by atoms with Gasteiger partial charge in [-0.15, -0.1) is 0 Å². The summed E-state index contributed by atoms with van der Waals surface area (Å²) >= 11 is 0. The molecule has 0 radical (unpaired) electrons. The third-order valence-electron chi connectivity index (χ3n) is 13.1. The van der Waals surface area contributed by atoms with E-state index >= 15 is 0 Å². The molecule has 0 saturated heterocycles. The second kappa shape index (κ2) is 49.1.